The Kier molecular flexibility index (Phi) is 2.52. The van der Waals surface area contributed by atoms with Crippen LogP contribution in [0.4, 0.5) is 0 Å². The fourth-order valence-electron chi connectivity index (χ4n) is 0.907. The minimum absolute atomic E-state index is 0. The van der Waals surface area contributed by atoms with Crippen molar-refractivity contribution in [2.24, 2.45) is 0 Å². The van der Waals surface area contributed by atoms with Gasteiger partial charge in [-0.2, -0.15) is 0 Å². The third-order valence-corrected chi connectivity index (χ3v) is 1.65. The van der Waals surface area contributed by atoms with Crippen LogP contribution in [-0.2, 0) is 21.1 Å². The molecule has 0 atom stereocenters. The minimum Gasteiger partial charge on any atom is -0.365 e. The molecule has 0 radical (unpaired) electrons. The third-order valence-electron chi connectivity index (χ3n) is 1.65. The molecule has 2 rings (SSSR count). The van der Waals surface area contributed by atoms with Gasteiger partial charge < -0.3 is 4.52 Å². The van der Waals surface area contributed by atoms with Crippen LogP contribution >= 0.6 is 0 Å². The van der Waals surface area contributed by atoms with Gasteiger partial charge in [0.25, 0.3) is 0 Å². The monoisotopic (exact) mass is 332 g/mol. The number of aromatic nitrogens is 5. The summed E-state index contributed by atoms with van der Waals surface area (Å²) in [5, 5.41) is 14.9. The molecule has 0 aliphatic rings. The van der Waals surface area contributed by atoms with Crippen molar-refractivity contribution in [2.45, 2.75) is 13.8 Å². The summed E-state index contributed by atoms with van der Waals surface area (Å²) in [6.45, 7) is 3.86. The first-order chi connectivity index (χ1) is 5.29. The minimum atomic E-state index is 0. The van der Waals surface area contributed by atoms with Crippen LogP contribution < -0.4 is 0 Å². The molecule has 12 heavy (non-hydrogen) atoms. The Bertz CT molecular complexity index is 396. The van der Waals surface area contributed by atoms with Crippen molar-refractivity contribution in [2.75, 3.05) is 0 Å². The topological polar surface area (TPSA) is 56.0 Å². The van der Waals surface area contributed by atoms with Crippen LogP contribution in [0.1, 0.15) is 11.3 Å². The van der Waals surface area contributed by atoms with Crippen LogP contribution in [0.3, 0.4) is 0 Å². The van der Waals surface area contributed by atoms with Crippen LogP contribution in [-0.4, -0.2) is 25.0 Å². The Morgan fingerprint density at radius 3 is 2.75 bits per heavy atom. The molecule has 0 saturated heterocycles. The summed E-state index contributed by atoms with van der Waals surface area (Å²) in [6.07, 6.45) is 2.59. The first-order valence-electron chi connectivity index (χ1n) is 3.22. The predicted octanol–water partition coefficient (Wildman–Crippen LogP) is -0.0662. The second-order valence-corrected chi connectivity index (χ2v) is 2.34. The van der Waals surface area contributed by atoms with E-state index in [2.05, 4.69) is 26.8 Å². The molecule has 2 aromatic heterocycles. The van der Waals surface area contributed by atoms with E-state index < -0.39 is 0 Å². The Morgan fingerprint density at radius 1 is 1.33 bits per heavy atom. The molecule has 6 heteroatoms. The summed E-state index contributed by atoms with van der Waals surface area (Å²) in [5.41, 5.74) is 2.68. The van der Waals surface area contributed by atoms with Gasteiger partial charge in [0, 0.05) is 32.4 Å². The van der Waals surface area contributed by atoms with Gasteiger partial charge in [0.2, 0.25) is 0 Å². The van der Waals surface area contributed by atoms with Crippen molar-refractivity contribution in [1.82, 2.24) is 25.0 Å². The molecule has 0 amide bonds. The van der Waals surface area contributed by atoms with Gasteiger partial charge >= 0.3 is 0 Å². The summed E-state index contributed by atoms with van der Waals surface area (Å²) < 4.78 is 1.50. The summed E-state index contributed by atoms with van der Waals surface area (Å²) in [4.78, 5) is 0. The molecular formula is C6H6N5W-. The zero-order valence-corrected chi connectivity index (χ0v) is 9.58. The molecule has 0 spiro atoms. The van der Waals surface area contributed by atoms with Crippen molar-refractivity contribution in [3.05, 3.63) is 17.6 Å². The molecule has 0 bridgehead atoms. The molecule has 2 heterocycles. The van der Waals surface area contributed by atoms with Gasteiger partial charge in [-0.1, -0.05) is 17.7 Å². The average molecular weight is 332 g/mol. The maximum atomic E-state index is 4.11. The van der Waals surface area contributed by atoms with Crippen LogP contribution in [0.2, 0.25) is 0 Å². The van der Waals surface area contributed by atoms with E-state index in [9.17, 15) is 0 Å². The van der Waals surface area contributed by atoms with Crippen LogP contribution in [0.5, 0.6) is 0 Å². The van der Waals surface area contributed by atoms with Crippen molar-refractivity contribution in [1.29, 1.82) is 0 Å². The smallest absolute Gasteiger partial charge is 0.0438 e. The molecule has 2 aromatic rings. The van der Waals surface area contributed by atoms with E-state index in [4.69, 9.17) is 0 Å². The van der Waals surface area contributed by atoms with Gasteiger partial charge in [0.15, 0.2) is 0 Å². The standard InChI is InChI=1S/C6H6N5.W/c1-4-5(2)9-11-3-7-10-8-6(4)11;/h1-2H3;/q-1;. The molecule has 0 fully saturated rings. The Balaban J connectivity index is 0.000000720. The summed E-state index contributed by atoms with van der Waals surface area (Å²) >= 11 is 0. The molecule has 0 aromatic carbocycles. The van der Waals surface area contributed by atoms with Crippen molar-refractivity contribution in [3.63, 3.8) is 0 Å². The largest absolute Gasteiger partial charge is 0.365 e. The van der Waals surface area contributed by atoms with Gasteiger partial charge in [-0.25, -0.2) is 15.3 Å². The quantitative estimate of drug-likeness (QED) is 0.634. The first kappa shape index (κ1) is 9.26. The van der Waals surface area contributed by atoms with E-state index in [1.165, 1.54) is 4.52 Å². The zero-order valence-electron chi connectivity index (χ0n) is 6.64. The van der Waals surface area contributed by atoms with Gasteiger partial charge in [-0.3, -0.25) is 0 Å². The number of fused-ring (bicyclic) bond motifs is 1. The fraction of sp³-hybridized carbons (Fsp3) is 0.333. The average Bonchev–Trinajstić information content (AvgIpc) is 2.30. The molecule has 0 unspecified atom stereocenters. The maximum absolute atomic E-state index is 4.11. The summed E-state index contributed by atoms with van der Waals surface area (Å²) in [5.74, 6) is 0. The van der Waals surface area contributed by atoms with E-state index in [0.717, 1.165) is 16.9 Å². The number of hydrogen-bond donors (Lipinski definition) is 0. The zero-order chi connectivity index (χ0) is 7.84. The van der Waals surface area contributed by atoms with Gasteiger partial charge in [0.1, 0.15) is 0 Å². The number of aryl methyl sites for hydroxylation is 2. The Labute approximate surface area is 83.5 Å². The SMILES string of the molecule is Cc1nn2[c-]nnnc2c1C.[W]. The number of hydrogen-bond acceptors (Lipinski definition) is 4. The van der Waals surface area contributed by atoms with Crippen LogP contribution in [0.15, 0.2) is 0 Å². The molecule has 5 nitrogen and oxygen atoms in total. The van der Waals surface area contributed by atoms with E-state index in [0.29, 0.717) is 0 Å². The van der Waals surface area contributed by atoms with Gasteiger partial charge in [-0.15, -0.1) is 0 Å². The van der Waals surface area contributed by atoms with Crippen LogP contribution in [0, 0.1) is 20.2 Å². The molecule has 0 aliphatic heterocycles. The Hall–Kier alpha value is -0.832. The fourth-order valence-corrected chi connectivity index (χ4v) is 0.907. The second-order valence-electron chi connectivity index (χ2n) is 2.34. The van der Waals surface area contributed by atoms with E-state index in [-0.39, 0.29) is 21.1 Å². The second kappa shape index (κ2) is 3.27. The van der Waals surface area contributed by atoms with Crippen molar-refractivity contribution < 1.29 is 21.1 Å². The first-order valence-corrected chi connectivity index (χ1v) is 3.22. The Morgan fingerprint density at radius 2 is 2.08 bits per heavy atom. The summed E-state index contributed by atoms with van der Waals surface area (Å²) in [7, 11) is 0. The van der Waals surface area contributed by atoms with Crippen molar-refractivity contribution in [3.8, 4) is 0 Å². The molecule has 0 N–H and O–H groups in total. The molecule has 0 saturated carbocycles. The molecule has 62 valence electrons. The summed E-state index contributed by atoms with van der Waals surface area (Å²) in [6, 6.07) is 0. The third kappa shape index (κ3) is 1.24. The van der Waals surface area contributed by atoms with Crippen molar-refractivity contribution >= 4 is 5.65 Å². The van der Waals surface area contributed by atoms with Gasteiger partial charge in [-0.05, 0) is 13.3 Å². The maximum Gasteiger partial charge on any atom is 0.0438 e. The number of nitrogens with zero attached hydrogens (tertiary/aromatic N) is 5. The molecule has 0 aliphatic carbocycles. The van der Waals surface area contributed by atoms with E-state index >= 15 is 0 Å². The van der Waals surface area contributed by atoms with E-state index in [1.54, 1.807) is 0 Å². The predicted molar refractivity (Wildman–Crippen MR) is 36.9 cm³/mol. The van der Waals surface area contributed by atoms with Crippen LogP contribution in [0.25, 0.3) is 5.65 Å². The normalized spacial score (nSPS) is 9.83. The molecular weight excluding hydrogens is 326 g/mol. The van der Waals surface area contributed by atoms with E-state index in [1.807, 2.05) is 13.8 Å². The van der Waals surface area contributed by atoms with Gasteiger partial charge in [0.05, 0.1) is 0 Å². The number of rotatable bonds is 0.